The Hall–Kier alpha value is -2.07. The second kappa shape index (κ2) is 5.04. The number of nitrogen functional groups attached to an aromatic ring is 1. The molecule has 6 nitrogen and oxygen atoms in total. The summed E-state index contributed by atoms with van der Waals surface area (Å²) in [5.74, 6) is -0.528. The highest BCUT2D eigenvalue weighted by atomic mass is 32.2. The molecule has 1 amide bonds. The third-order valence-corrected chi connectivity index (χ3v) is 5.32. The molecule has 1 heterocycles. The van der Waals surface area contributed by atoms with Crippen LogP contribution < -0.4 is 5.73 Å². The van der Waals surface area contributed by atoms with Crippen LogP contribution in [0.2, 0.25) is 0 Å². The van der Waals surface area contributed by atoms with Gasteiger partial charge >= 0.3 is 0 Å². The van der Waals surface area contributed by atoms with Crippen LogP contribution in [0.3, 0.4) is 0 Å². The average molecular weight is 307 g/mol. The highest BCUT2D eigenvalue weighted by Crippen LogP contribution is 2.32. The van der Waals surface area contributed by atoms with Crippen molar-refractivity contribution in [3.8, 4) is 6.07 Å². The first-order chi connectivity index (χ1) is 9.69. The van der Waals surface area contributed by atoms with Crippen LogP contribution in [0.25, 0.3) is 0 Å². The summed E-state index contributed by atoms with van der Waals surface area (Å²) < 4.78 is 25.6. The minimum atomic E-state index is -3.82. The number of carbonyl (C=O) groups is 1. The van der Waals surface area contributed by atoms with Gasteiger partial charge in [0.15, 0.2) is 0 Å². The fourth-order valence-electron chi connectivity index (χ4n) is 2.23. The van der Waals surface area contributed by atoms with Gasteiger partial charge in [0, 0.05) is 12.2 Å². The predicted octanol–water partition coefficient (Wildman–Crippen LogP) is 1.74. The van der Waals surface area contributed by atoms with Gasteiger partial charge in [0.1, 0.15) is 4.90 Å². The summed E-state index contributed by atoms with van der Waals surface area (Å²) in [6.07, 6.45) is 0.955. The van der Waals surface area contributed by atoms with Gasteiger partial charge in [-0.15, -0.1) is 0 Å². The van der Waals surface area contributed by atoms with Gasteiger partial charge in [-0.1, -0.05) is 0 Å². The summed E-state index contributed by atoms with van der Waals surface area (Å²) >= 11 is 0. The lowest BCUT2D eigenvalue weighted by Crippen LogP contribution is -2.31. The van der Waals surface area contributed by atoms with Gasteiger partial charge in [-0.2, -0.15) is 5.26 Å². The lowest BCUT2D eigenvalue weighted by Gasteiger charge is -2.18. The molecule has 1 aliphatic rings. The number of sulfonamides is 1. The van der Waals surface area contributed by atoms with Crippen LogP contribution >= 0.6 is 0 Å². The van der Waals surface area contributed by atoms with Gasteiger partial charge in [0.05, 0.1) is 17.0 Å². The van der Waals surface area contributed by atoms with Crippen LogP contribution in [0.1, 0.15) is 37.0 Å². The largest absolute Gasteiger partial charge is 0.399 e. The lowest BCUT2D eigenvalue weighted by molar-refractivity contribution is 0.0867. The molecule has 1 aromatic rings. The van der Waals surface area contributed by atoms with Crippen LogP contribution in [0.4, 0.5) is 5.69 Å². The summed E-state index contributed by atoms with van der Waals surface area (Å²) in [5, 5.41) is 8.95. The van der Waals surface area contributed by atoms with Crippen molar-refractivity contribution in [3.05, 3.63) is 23.8 Å². The SMILES string of the molecule is CC(C)(C#N)CCCN1C(=O)c2ccc(N)cc2S1(=O)=O. The fraction of sp³-hybridized carbons (Fsp3) is 0.429. The summed E-state index contributed by atoms with van der Waals surface area (Å²) in [5.41, 5.74) is 5.51. The lowest BCUT2D eigenvalue weighted by atomic mass is 9.90. The molecular weight excluding hydrogens is 290 g/mol. The molecule has 2 rings (SSSR count). The third kappa shape index (κ3) is 2.72. The second-order valence-electron chi connectivity index (χ2n) is 5.74. The van der Waals surface area contributed by atoms with E-state index in [1.165, 1.54) is 18.2 Å². The second-order valence-corrected chi connectivity index (χ2v) is 7.57. The number of hydrogen-bond acceptors (Lipinski definition) is 5. The fourth-order valence-corrected chi connectivity index (χ4v) is 3.88. The highest BCUT2D eigenvalue weighted by Gasteiger charge is 2.40. The van der Waals surface area contributed by atoms with Crippen molar-refractivity contribution in [1.82, 2.24) is 4.31 Å². The van der Waals surface area contributed by atoms with E-state index in [1.54, 1.807) is 13.8 Å². The Kier molecular flexibility index (Phi) is 3.68. The van der Waals surface area contributed by atoms with E-state index in [4.69, 9.17) is 11.0 Å². The molecular formula is C14H17N3O3S. The summed E-state index contributed by atoms with van der Waals surface area (Å²) in [7, 11) is -3.82. The van der Waals surface area contributed by atoms with Crippen molar-refractivity contribution in [2.45, 2.75) is 31.6 Å². The van der Waals surface area contributed by atoms with Crippen molar-refractivity contribution in [2.24, 2.45) is 5.41 Å². The zero-order chi connectivity index (χ0) is 15.8. The molecule has 0 atom stereocenters. The minimum absolute atomic E-state index is 0.0351. The van der Waals surface area contributed by atoms with Gasteiger partial charge in [0.25, 0.3) is 15.9 Å². The molecule has 0 unspecified atom stereocenters. The molecule has 112 valence electrons. The summed E-state index contributed by atoms with van der Waals surface area (Å²) in [6, 6.07) is 6.40. The summed E-state index contributed by atoms with van der Waals surface area (Å²) in [4.78, 5) is 12.2. The normalized spacial score (nSPS) is 16.6. The molecule has 0 aliphatic carbocycles. The maximum absolute atomic E-state index is 12.4. The van der Waals surface area contributed by atoms with Crippen molar-refractivity contribution in [3.63, 3.8) is 0 Å². The first-order valence-electron chi connectivity index (χ1n) is 6.57. The molecule has 7 heteroatoms. The number of carbonyl (C=O) groups excluding carboxylic acids is 1. The zero-order valence-electron chi connectivity index (χ0n) is 12.0. The van der Waals surface area contributed by atoms with E-state index in [0.29, 0.717) is 18.5 Å². The zero-order valence-corrected chi connectivity index (χ0v) is 12.8. The van der Waals surface area contributed by atoms with Crippen LogP contribution in [0.5, 0.6) is 0 Å². The van der Waals surface area contributed by atoms with Gasteiger partial charge in [-0.05, 0) is 44.9 Å². The number of fused-ring (bicyclic) bond motifs is 1. The Morgan fingerprint density at radius 2 is 2.05 bits per heavy atom. The standard InChI is InChI=1S/C14H17N3O3S/c1-14(2,9-15)6-3-7-17-13(18)11-5-4-10(16)8-12(11)21(17,19)20/h4-5,8H,3,6-7,16H2,1-2H3. The van der Waals surface area contributed by atoms with Gasteiger partial charge in [-0.3, -0.25) is 4.79 Å². The summed E-state index contributed by atoms with van der Waals surface area (Å²) in [6.45, 7) is 3.63. The van der Waals surface area contributed by atoms with E-state index in [2.05, 4.69) is 6.07 Å². The smallest absolute Gasteiger partial charge is 0.269 e. The topological polar surface area (TPSA) is 104 Å². The number of hydrogen-bond donors (Lipinski definition) is 1. The highest BCUT2D eigenvalue weighted by molar-refractivity contribution is 7.90. The number of benzene rings is 1. The maximum atomic E-state index is 12.4. The van der Waals surface area contributed by atoms with E-state index >= 15 is 0 Å². The van der Waals surface area contributed by atoms with Crippen molar-refractivity contribution in [2.75, 3.05) is 12.3 Å². The molecule has 0 radical (unpaired) electrons. The molecule has 0 fully saturated rings. The molecule has 1 aliphatic heterocycles. The van der Waals surface area contributed by atoms with Crippen LogP contribution in [-0.4, -0.2) is 25.2 Å². The number of rotatable bonds is 4. The Morgan fingerprint density at radius 1 is 1.38 bits per heavy atom. The van der Waals surface area contributed by atoms with Crippen LogP contribution in [0, 0.1) is 16.7 Å². The Morgan fingerprint density at radius 3 is 2.67 bits per heavy atom. The molecule has 21 heavy (non-hydrogen) atoms. The quantitative estimate of drug-likeness (QED) is 0.853. The Balaban J connectivity index is 2.21. The molecule has 1 aromatic carbocycles. The van der Waals surface area contributed by atoms with Crippen LogP contribution in [0.15, 0.2) is 23.1 Å². The van der Waals surface area contributed by atoms with Gasteiger partial charge in [-0.25, -0.2) is 12.7 Å². The van der Waals surface area contributed by atoms with Crippen molar-refractivity contribution >= 4 is 21.6 Å². The molecule has 0 saturated heterocycles. The predicted molar refractivity (Wildman–Crippen MR) is 77.7 cm³/mol. The Bertz CT molecular complexity index is 732. The molecule has 0 aromatic heterocycles. The van der Waals surface area contributed by atoms with Crippen molar-refractivity contribution < 1.29 is 13.2 Å². The first kappa shape index (κ1) is 15.3. The minimum Gasteiger partial charge on any atom is -0.399 e. The number of amides is 1. The van der Waals surface area contributed by atoms with E-state index in [-0.39, 0.29) is 17.0 Å². The molecule has 2 N–H and O–H groups in total. The third-order valence-electron chi connectivity index (χ3n) is 3.50. The monoisotopic (exact) mass is 307 g/mol. The van der Waals surface area contributed by atoms with E-state index in [0.717, 1.165) is 4.31 Å². The Labute approximate surface area is 124 Å². The van der Waals surface area contributed by atoms with Gasteiger partial charge in [0.2, 0.25) is 0 Å². The maximum Gasteiger partial charge on any atom is 0.269 e. The first-order valence-corrected chi connectivity index (χ1v) is 8.01. The van der Waals surface area contributed by atoms with E-state index in [1.807, 2.05) is 0 Å². The van der Waals surface area contributed by atoms with E-state index < -0.39 is 21.3 Å². The molecule has 0 saturated carbocycles. The number of nitrogens with two attached hydrogens (primary N) is 1. The van der Waals surface area contributed by atoms with Crippen molar-refractivity contribution in [1.29, 1.82) is 5.26 Å². The number of nitriles is 1. The number of nitrogens with zero attached hydrogens (tertiary/aromatic N) is 2. The van der Waals surface area contributed by atoms with E-state index in [9.17, 15) is 13.2 Å². The van der Waals surface area contributed by atoms with Crippen LogP contribution in [-0.2, 0) is 10.0 Å². The average Bonchev–Trinajstić information content (AvgIpc) is 2.59. The molecule has 0 bridgehead atoms. The molecule has 0 spiro atoms. The number of anilines is 1. The van der Waals surface area contributed by atoms with Gasteiger partial charge < -0.3 is 5.73 Å².